The van der Waals surface area contributed by atoms with Crippen molar-refractivity contribution < 1.29 is 18.0 Å². The average molecular weight is 343 g/mol. The standard InChI is InChI=1S/C13H12F3N5OS/c1-20-8-4-2-3-5-9(8)21-11(20)18-19-12(21)23-6-10(22)17-7-13(14,15)16/h2-5H,6-7H2,1H3,(H,17,22). The maximum atomic E-state index is 12.1. The Morgan fingerprint density at radius 3 is 2.65 bits per heavy atom. The number of benzene rings is 1. The van der Waals surface area contributed by atoms with Crippen LogP contribution in [0.25, 0.3) is 16.8 Å². The van der Waals surface area contributed by atoms with Crippen LogP contribution in [0, 0.1) is 0 Å². The van der Waals surface area contributed by atoms with E-state index in [0.29, 0.717) is 10.9 Å². The summed E-state index contributed by atoms with van der Waals surface area (Å²) < 4.78 is 39.8. The fourth-order valence-electron chi connectivity index (χ4n) is 2.21. The fourth-order valence-corrected chi connectivity index (χ4v) is 2.98. The van der Waals surface area contributed by atoms with E-state index in [2.05, 4.69) is 10.2 Å². The van der Waals surface area contributed by atoms with E-state index in [4.69, 9.17) is 0 Å². The number of hydrogen-bond acceptors (Lipinski definition) is 4. The minimum absolute atomic E-state index is 0.167. The van der Waals surface area contributed by atoms with Crippen LogP contribution in [-0.2, 0) is 11.8 Å². The predicted octanol–water partition coefficient (Wildman–Crippen LogP) is 1.99. The molecule has 0 atom stereocenters. The molecule has 0 aliphatic heterocycles. The zero-order chi connectivity index (χ0) is 16.6. The summed E-state index contributed by atoms with van der Waals surface area (Å²) in [7, 11) is 1.84. The molecule has 0 bridgehead atoms. The van der Waals surface area contributed by atoms with Crippen molar-refractivity contribution in [3.05, 3.63) is 24.3 Å². The predicted molar refractivity (Wildman–Crippen MR) is 79.3 cm³/mol. The largest absolute Gasteiger partial charge is 0.405 e. The maximum Gasteiger partial charge on any atom is 0.405 e. The molecular weight excluding hydrogens is 331 g/mol. The van der Waals surface area contributed by atoms with Crippen molar-refractivity contribution in [2.75, 3.05) is 12.3 Å². The lowest BCUT2D eigenvalue weighted by Crippen LogP contribution is -2.34. The molecule has 10 heteroatoms. The van der Waals surface area contributed by atoms with Crippen molar-refractivity contribution >= 4 is 34.5 Å². The number of imidazole rings is 1. The van der Waals surface area contributed by atoms with Gasteiger partial charge in [0.25, 0.3) is 0 Å². The summed E-state index contributed by atoms with van der Waals surface area (Å²) in [5.74, 6) is -0.270. The van der Waals surface area contributed by atoms with Gasteiger partial charge >= 0.3 is 6.18 Å². The minimum Gasteiger partial charge on any atom is -0.346 e. The quantitative estimate of drug-likeness (QED) is 0.736. The molecule has 0 saturated carbocycles. The topological polar surface area (TPSA) is 64.2 Å². The molecule has 23 heavy (non-hydrogen) atoms. The third-order valence-corrected chi connectivity index (χ3v) is 4.15. The summed E-state index contributed by atoms with van der Waals surface area (Å²) >= 11 is 1.04. The number of aryl methyl sites for hydroxylation is 1. The normalized spacial score (nSPS) is 12.2. The van der Waals surface area contributed by atoms with E-state index in [1.807, 2.05) is 41.2 Å². The molecule has 0 saturated heterocycles. The Kier molecular flexibility index (Phi) is 3.92. The molecule has 0 spiro atoms. The molecule has 2 aromatic heterocycles. The zero-order valence-electron chi connectivity index (χ0n) is 12.0. The highest BCUT2D eigenvalue weighted by atomic mass is 32.2. The Morgan fingerprint density at radius 2 is 1.96 bits per heavy atom. The first-order valence-electron chi connectivity index (χ1n) is 6.61. The summed E-state index contributed by atoms with van der Waals surface area (Å²) in [4.78, 5) is 11.5. The van der Waals surface area contributed by atoms with Crippen LogP contribution in [0.4, 0.5) is 13.2 Å². The molecule has 3 aromatic rings. The molecule has 0 fully saturated rings. The van der Waals surface area contributed by atoms with E-state index in [-0.39, 0.29) is 5.75 Å². The van der Waals surface area contributed by atoms with Gasteiger partial charge in [0.2, 0.25) is 11.7 Å². The first kappa shape index (κ1) is 15.7. The van der Waals surface area contributed by atoms with Gasteiger partial charge in [-0.1, -0.05) is 23.9 Å². The van der Waals surface area contributed by atoms with Crippen LogP contribution >= 0.6 is 11.8 Å². The number of carbonyl (C=O) groups is 1. The van der Waals surface area contributed by atoms with Crippen molar-refractivity contribution in [1.82, 2.24) is 24.5 Å². The van der Waals surface area contributed by atoms with Crippen molar-refractivity contribution in [1.29, 1.82) is 0 Å². The Morgan fingerprint density at radius 1 is 1.26 bits per heavy atom. The van der Waals surface area contributed by atoms with Crippen molar-refractivity contribution in [2.24, 2.45) is 7.05 Å². The number of nitrogens with zero attached hydrogens (tertiary/aromatic N) is 4. The van der Waals surface area contributed by atoms with Crippen molar-refractivity contribution in [3.8, 4) is 0 Å². The van der Waals surface area contributed by atoms with Gasteiger partial charge in [-0.15, -0.1) is 10.2 Å². The summed E-state index contributed by atoms with van der Waals surface area (Å²) in [6, 6.07) is 7.58. The highest BCUT2D eigenvalue weighted by Gasteiger charge is 2.27. The Balaban J connectivity index is 1.79. The van der Waals surface area contributed by atoms with Crippen LogP contribution < -0.4 is 5.32 Å². The summed E-state index contributed by atoms with van der Waals surface area (Å²) in [6.45, 7) is -1.34. The third kappa shape index (κ3) is 3.11. The number of fused-ring (bicyclic) bond motifs is 3. The molecule has 0 unspecified atom stereocenters. The molecule has 122 valence electrons. The number of halogens is 3. The van der Waals surface area contributed by atoms with E-state index in [1.165, 1.54) is 0 Å². The highest BCUT2D eigenvalue weighted by molar-refractivity contribution is 7.99. The second kappa shape index (κ2) is 5.76. The summed E-state index contributed by atoms with van der Waals surface area (Å²) in [5.41, 5.74) is 1.81. The van der Waals surface area contributed by atoms with Gasteiger partial charge in [-0.05, 0) is 12.1 Å². The molecule has 0 aliphatic rings. The van der Waals surface area contributed by atoms with Gasteiger partial charge in [0.05, 0.1) is 16.8 Å². The van der Waals surface area contributed by atoms with E-state index in [0.717, 1.165) is 22.8 Å². The van der Waals surface area contributed by atoms with E-state index in [1.54, 1.807) is 4.40 Å². The van der Waals surface area contributed by atoms with Crippen LogP contribution in [-0.4, -0.2) is 43.5 Å². The third-order valence-electron chi connectivity index (χ3n) is 3.22. The number of nitrogens with one attached hydrogen (secondary N) is 1. The Hall–Kier alpha value is -2.23. The number of hydrogen-bond donors (Lipinski definition) is 1. The lowest BCUT2D eigenvalue weighted by molar-refractivity contribution is -0.136. The van der Waals surface area contributed by atoms with Crippen molar-refractivity contribution in [3.63, 3.8) is 0 Å². The van der Waals surface area contributed by atoms with Gasteiger partial charge in [-0.2, -0.15) is 13.2 Å². The maximum absolute atomic E-state index is 12.1. The van der Waals surface area contributed by atoms with Gasteiger partial charge in [-0.25, -0.2) is 0 Å². The molecule has 0 radical (unpaired) electrons. The number of aromatic nitrogens is 4. The summed E-state index contributed by atoms with van der Waals surface area (Å²) in [5, 5.41) is 10.3. The van der Waals surface area contributed by atoms with Gasteiger partial charge in [0.1, 0.15) is 6.54 Å². The molecule has 1 amide bonds. The van der Waals surface area contributed by atoms with Crippen LogP contribution in [0.3, 0.4) is 0 Å². The number of carbonyl (C=O) groups excluding carboxylic acids is 1. The van der Waals surface area contributed by atoms with Crippen molar-refractivity contribution in [2.45, 2.75) is 11.3 Å². The number of alkyl halides is 3. The molecule has 0 aliphatic carbocycles. The second-order valence-electron chi connectivity index (χ2n) is 4.85. The summed E-state index contributed by atoms with van der Waals surface area (Å²) in [6.07, 6.45) is -4.42. The first-order valence-corrected chi connectivity index (χ1v) is 7.60. The fraction of sp³-hybridized carbons (Fsp3) is 0.308. The Bertz CT molecular complexity index is 870. The number of rotatable bonds is 4. The molecule has 1 aromatic carbocycles. The number of para-hydroxylation sites is 2. The van der Waals surface area contributed by atoms with E-state index >= 15 is 0 Å². The highest BCUT2D eigenvalue weighted by Crippen LogP contribution is 2.24. The van der Waals surface area contributed by atoms with Gasteiger partial charge in [0.15, 0.2) is 5.16 Å². The molecule has 2 heterocycles. The first-order chi connectivity index (χ1) is 10.9. The zero-order valence-corrected chi connectivity index (χ0v) is 12.8. The SMILES string of the molecule is Cn1c2ccccc2n2c(SCC(=O)NCC(F)(F)F)nnc12. The molecule has 6 nitrogen and oxygen atoms in total. The minimum atomic E-state index is -4.42. The smallest absolute Gasteiger partial charge is 0.346 e. The number of amides is 1. The number of thioether (sulfide) groups is 1. The second-order valence-corrected chi connectivity index (χ2v) is 5.79. The van der Waals surface area contributed by atoms with Gasteiger partial charge < -0.3 is 9.88 Å². The van der Waals surface area contributed by atoms with E-state index in [9.17, 15) is 18.0 Å². The monoisotopic (exact) mass is 343 g/mol. The lowest BCUT2D eigenvalue weighted by atomic mass is 10.3. The van der Waals surface area contributed by atoms with Crippen LogP contribution in [0.5, 0.6) is 0 Å². The van der Waals surface area contributed by atoms with Crippen LogP contribution in [0.15, 0.2) is 29.4 Å². The molecule has 1 N–H and O–H groups in total. The van der Waals surface area contributed by atoms with Crippen LogP contribution in [0.2, 0.25) is 0 Å². The molecular formula is C13H12F3N5OS. The van der Waals surface area contributed by atoms with Crippen LogP contribution in [0.1, 0.15) is 0 Å². The van der Waals surface area contributed by atoms with Gasteiger partial charge in [-0.3, -0.25) is 9.20 Å². The Labute approximate surface area is 132 Å². The van der Waals surface area contributed by atoms with E-state index < -0.39 is 18.6 Å². The molecule has 3 rings (SSSR count). The lowest BCUT2D eigenvalue weighted by Gasteiger charge is -2.07. The van der Waals surface area contributed by atoms with Gasteiger partial charge in [0, 0.05) is 7.05 Å². The average Bonchev–Trinajstić information content (AvgIpc) is 3.03.